The van der Waals surface area contributed by atoms with Crippen molar-refractivity contribution < 1.29 is 19.1 Å². The first kappa shape index (κ1) is 18.2. The summed E-state index contributed by atoms with van der Waals surface area (Å²) < 4.78 is 4.88. The molecule has 0 aliphatic carbocycles. The Morgan fingerprint density at radius 1 is 0.920 bits per heavy atom. The van der Waals surface area contributed by atoms with Crippen LogP contribution in [0.25, 0.3) is 0 Å². The summed E-state index contributed by atoms with van der Waals surface area (Å²) in [6, 6.07) is 11.7. The molecular weight excluding hydrogens is 320 g/mol. The number of amides is 2. The molecule has 6 nitrogen and oxygen atoms in total. The summed E-state index contributed by atoms with van der Waals surface area (Å²) in [5.74, 6) is -1.99. The summed E-state index contributed by atoms with van der Waals surface area (Å²) in [5.41, 5.74) is 3.23. The highest BCUT2D eigenvalue weighted by molar-refractivity contribution is 6.43. The second kappa shape index (κ2) is 8.10. The molecule has 2 rings (SSSR count). The van der Waals surface area contributed by atoms with E-state index in [1.807, 2.05) is 26.0 Å². The molecule has 0 saturated heterocycles. The molecule has 2 amide bonds. The number of benzene rings is 2. The van der Waals surface area contributed by atoms with Crippen LogP contribution >= 0.6 is 0 Å². The van der Waals surface area contributed by atoms with Crippen LogP contribution in [0, 0.1) is 13.8 Å². The molecule has 0 aromatic heterocycles. The Bertz CT molecular complexity index is 798. The average Bonchev–Trinajstić information content (AvgIpc) is 2.59. The van der Waals surface area contributed by atoms with Crippen LogP contribution in [-0.2, 0) is 14.3 Å². The van der Waals surface area contributed by atoms with Crippen LogP contribution in [0.15, 0.2) is 42.5 Å². The monoisotopic (exact) mass is 340 g/mol. The van der Waals surface area contributed by atoms with Crippen molar-refractivity contribution in [1.29, 1.82) is 0 Å². The molecule has 2 aromatic carbocycles. The number of carbonyl (C=O) groups excluding carboxylic acids is 3. The summed E-state index contributed by atoms with van der Waals surface area (Å²) in [4.78, 5) is 35.6. The van der Waals surface area contributed by atoms with Crippen molar-refractivity contribution in [3.63, 3.8) is 0 Å². The van der Waals surface area contributed by atoms with E-state index in [1.54, 1.807) is 13.0 Å². The Hall–Kier alpha value is -3.15. The number of hydrogen-bond donors (Lipinski definition) is 2. The minimum Gasteiger partial charge on any atom is -0.462 e. The zero-order chi connectivity index (χ0) is 18.4. The molecular formula is C19H20N2O4. The molecule has 2 aromatic rings. The summed E-state index contributed by atoms with van der Waals surface area (Å²) in [6.45, 7) is 5.76. The highest BCUT2D eigenvalue weighted by Crippen LogP contribution is 2.16. The summed E-state index contributed by atoms with van der Waals surface area (Å²) in [5, 5.41) is 5.08. The molecule has 0 unspecified atom stereocenters. The van der Waals surface area contributed by atoms with Crippen LogP contribution in [0.2, 0.25) is 0 Å². The number of nitrogens with one attached hydrogen (secondary N) is 2. The van der Waals surface area contributed by atoms with Gasteiger partial charge in [-0.05, 0) is 62.2 Å². The van der Waals surface area contributed by atoms with Gasteiger partial charge in [0, 0.05) is 11.4 Å². The zero-order valence-corrected chi connectivity index (χ0v) is 14.4. The van der Waals surface area contributed by atoms with E-state index in [2.05, 4.69) is 10.6 Å². The fraction of sp³-hybridized carbons (Fsp3) is 0.211. The Balaban J connectivity index is 2.00. The molecule has 2 N–H and O–H groups in total. The first-order chi connectivity index (χ1) is 11.9. The van der Waals surface area contributed by atoms with E-state index >= 15 is 0 Å². The Kier molecular flexibility index (Phi) is 5.89. The molecule has 6 heteroatoms. The molecule has 0 spiro atoms. The second-order valence-corrected chi connectivity index (χ2v) is 5.52. The number of esters is 1. The van der Waals surface area contributed by atoms with E-state index in [0.717, 1.165) is 11.1 Å². The average molecular weight is 340 g/mol. The van der Waals surface area contributed by atoms with Gasteiger partial charge in [0.25, 0.3) is 0 Å². The molecule has 25 heavy (non-hydrogen) atoms. The van der Waals surface area contributed by atoms with Crippen LogP contribution in [-0.4, -0.2) is 24.4 Å². The van der Waals surface area contributed by atoms with Crippen LogP contribution in [0.4, 0.5) is 11.4 Å². The van der Waals surface area contributed by atoms with E-state index in [0.29, 0.717) is 16.9 Å². The van der Waals surface area contributed by atoms with E-state index < -0.39 is 17.8 Å². The third-order valence-electron chi connectivity index (χ3n) is 3.50. The molecule has 130 valence electrons. The first-order valence-corrected chi connectivity index (χ1v) is 7.87. The lowest BCUT2D eigenvalue weighted by atomic mass is 10.1. The van der Waals surface area contributed by atoms with Gasteiger partial charge in [0.05, 0.1) is 12.2 Å². The number of ether oxygens (including phenoxy) is 1. The van der Waals surface area contributed by atoms with Crippen molar-refractivity contribution in [2.75, 3.05) is 17.2 Å². The number of rotatable bonds is 4. The van der Waals surface area contributed by atoms with E-state index in [1.165, 1.54) is 24.3 Å². The normalized spacial score (nSPS) is 10.0. The maximum Gasteiger partial charge on any atom is 0.338 e. The Labute approximate surface area is 146 Å². The summed E-state index contributed by atoms with van der Waals surface area (Å²) in [7, 11) is 0. The van der Waals surface area contributed by atoms with Gasteiger partial charge >= 0.3 is 17.8 Å². The SMILES string of the molecule is CCOC(=O)c1ccc(NC(=O)C(=O)Nc2cc(C)ccc2C)cc1. The Morgan fingerprint density at radius 2 is 1.56 bits per heavy atom. The van der Waals surface area contributed by atoms with E-state index in [4.69, 9.17) is 4.74 Å². The minimum absolute atomic E-state index is 0.288. The largest absolute Gasteiger partial charge is 0.462 e. The number of carbonyl (C=O) groups is 3. The quantitative estimate of drug-likeness (QED) is 0.662. The molecule has 0 radical (unpaired) electrons. The summed E-state index contributed by atoms with van der Waals surface area (Å²) >= 11 is 0. The third kappa shape index (κ3) is 4.91. The van der Waals surface area contributed by atoms with E-state index in [-0.39, 0.29) is 6.61 Å². The standard InChI is InChI=1S/C19H20N2O4/c1-4-25-19(24)14-7-9-15(10-8-14)20-17(22)18(23)21-16-11-12(2)5-6-13(16)3/h5-11H,4H2,1-3H3,(H,20,22)(H,21,23). The molecule has 0 fully saturated rings. The molecule has 0 bridgehead atoms. The van der Waals surface area contributed by atoms with E-state index in [9.17, 15) is 14.4 Å². The molecule has 0 heterocycles. The topological polar surface area (TPSA) is 84.5 Å². The predicted octanol–water partition coefficient (Wildman–Crippen LogP) is 3.06. The highest BCUT2D eigenvalue weighted by atomic mass is 16.5. The van der Waals surface area contributed by atoms with Gasteiger partial charge in [-0.2, -0.15) is 0 Å². The zero-order valence-electron chi connectivity index (χ0n) is 14.4. The lowest BCUT2D eigenvalue weighted by molar-refractivity contribution is -0.133. The fourth-order valence-corrected chi connectivity index (χ4v) is 2.14. The van der Waals surface area contributed by atoms with Gasteiger partial charge in [0.1, 0.15) is 0 Å². The number of anilines is 2. The number of hydrogen-bond acceptors (Lipinski definition) is 4. The van der Waals surface area contributed by atoms with Gasteiger partial charge < -0.3 is 15.4 Å². The lowest BCUT2D eigenvalue weighted by Gasteiger charge is -2.10. The maximum atomic E-state index is 12.0. The van der Waals surface area contributed by atoms with Gasteiger partial charge in [-0.25, -0.2) is 4.79 Å². The van der Waals surface area contributed by atoms with Crippen LogP contribution in [0.3, 0.4) is 0 Å². The second-order valence-electron chi connectivity index (χ2n) is 5.52. The van der Waals surface area contributed by atoms with Crippen molar-refractivity contribution in [1.82, 2.24) is 0 Å². The van der Waals surface area contributed by atoms with Gasteiger partial charge in [0.2, 0.25) is 0 Å². The van der Waals surface area contributed by atoms with Crippen molar-refractivity contribution in [3.8, 4) is 0 Å². The minimum atomic E-state index is -0.787. The van der Waals surface area contributed by atoms with Crippen molar-refractivity contribution in [2.24, 2.45) is 0 Å². The van der Waals surface area contributed by atoms with Crippen molar-refractivity contribution in [3.05, 3.63) is 59.2 Å². The van der Waals surface area contributed by atoms with Crippen molar-refractivity contribution in [2.45, 2.75) is 20.8 Å². The van der Waals surface area contributed by atoms with Gasteiger partial charge in [-0.15, -0.1) is 0 Å². The molecule has 0 aliphatic rings. The lowest BCUT2D eigenvalue weighted by Crippen LogP contribution is -2.29. The predicted molar refractivity (Wildman–Crippen MR) is 95.6 cm³/mol. The molecule has 0 saturated carbocycles. The molecule has 0 atom stereocenters. The van der Waals surface area contributed by atoms with Gasteiger partial charge in [0.15, 0.2) is 0 Å². The highest BCUT2D eigenvalue weighted by Gasteiger charge is 2.15. The van der Waals surface area contributed by atoms with Gasteiger partial charge in [-0.3, -0.25) is 9.59 Å². The molecule has 0 aliphatic heterocycles. The summed E-state index contributed by atoms with van der Waals surface area (Å²) in [6.07, 6.45) is 0. The van der Waals surface area contributed by atoms with Crippen LogP contribution in [0.1, 0.15) is 28.4 Å². The van der Waals surface area contributed by atoms with Crippen LogP contribution in [0.5, 0.6) is 0 Å². The van der Waals surface area contributed by atoms with Gasteiger partial charge in [-0.1, -0.05) is 12.1 Å². The first-order valence-electron chi connectivity index (χ1n) is 7.87. The Morgan fingerprint density at radius 3 is 2.20 bits per heavy atom. The third-order valence-corrected chi connectivity index (χ3v) is 3.50. The van der Waals surface area contributed by atoms with Crippen LogP contribution < -0.4 is 10.6 Å². The van der Waals surface area contributed by atoms with Crippen molar-refractivity contribution >= 4 is 29.2 Å². The fourth-order valence-electron chi connectivity index (χ4n) is 2.14. The maximum absolute atomic E-state index is 12.0. The smallest absolute Gasteiger partial charge is 0.338 e. The number of aryl methyl sites for hydroxylation is 2.